The molecule has 0 atom stereocenters. The van der Waals surface area contributed by atoms with E-state index in [0.717, 1.165) is 28.2 Å². The third-order valence-electron chi connectivity index (χ3n) is 8.89. The first-order valence-corrected chi connectivity index (χ1v) is 22.8. The van der Waals surface area contributed by atoms with Crippen LogP contribution in [0.5, 0.6) is 0 Å². The summed E-state index contributed by atoms with van der Waals surface area (Å²) >= 11 is 8.33. The van der Waals surface area contributed by atoms with Crippen LogP contribution >= 0.6 is 35.3 Å². The molecule has 0 aliphatic heterocycles. The van der Waals surface area contributed by atoms with Crippen molar-refractivity contribution in [2.45, 2.75) is 65.3 Å². The molecule has 0 fully saturated rings. The summed E-state index contributed by atoms with van der Waals surface area (Å²) in [6.07, 6.45) is 2.06. The second-order valence-electron chi connectivity index (χ2n) is 15.3. The van der Waals surface area contributed by atoms with Crippen LogP contribution in [-0.4, -0.2) is 108 Å². The Morgan fingerprint density at radius 3 is 2.37 bits per heavy atom. The first-order chi connectivity index (χ1) is 31.2. The Balaban J connectivity index is 0.938. The zero-order valence-electron chi connectivity index (χ0n) is 36.7. The highest BCUT2D eigenvalue weighted by Crippen LogP contribution is 2.27. The maximum atomic E-state index is 13.6. The standard InChI is InChI=1S/C44H48N12O6S3/c1-7-24-64-41-50-37(48-18-19-49-43(60)62-44(4,5)6)36-38(51-41)55(54-53-36)26-30-10-8-29(9-11-30)12-14-33(57)46-20-22-61-23-21-47-34(58)15-13-31-28(3)65-39-35(31)40(59)56(42(63)52-39)32-25-27(2)16-17-45-32/h8-11,16-17,25H,7,18-24,26H2,1-6H3,(H,46,57)(H,47,58)(H,49,60)(H,52,63)(H,48,50,51). The molecule has 6 rings (SSSR count). The number of carbonyl (C=O) groups is 3. The van der Waals surface area contributed by atoms with Crippen molar-refractivity contribution in [3.63, 3.8) is 0 Å². The molecule has 0 radical (unpaired) electrons. The molecule has 0 spiro atoms. The van der Waals surface area contributed by atoms with E-state index in [-0.39, 0.29) is 36.6 Å². The summed E-state index contributed by atoms with van der Waals surface area (Å²) in [4.78, 5) is 68.7. The van der Waals surface area contributed by atoms with E-state index in [2.05, 4.69) is 77.1 Å². The van der Waals surface area contributed by atoms with Gasteiger partial charge in [0.25, 0.3) is 17.4 Å². The molecule has 0 saturated carbocycles. The van der Waals surface area contributed by atoms with Gasteiger partial charge < -0.3 is 35.7 Å². The van der Waals surface area contributed by atoms with Crippen molar-refractivity contribution in [1.29, 1.82) is 0 Å². The number of hydrogen-bond donors (Lipinski definition) is 5. The maximum absolute atomic E-state index is 13.6. The molecule has 0 saturated heterocycles. The van der Waals surface area contributed by atoms with Gasteiger partial charge in [-0.25, -0.2) is 29.0 Å². The second-order valence-corrected chi connectivity index (χ2v) is 18.0. The van der Waals surface area contributed by atoms with Gasteiger partial charge in [0.15, 0.2) is 26.9 Å². The fourth-order valence-corrected chi connectivity index (χ4v) is 7.99. The molecule has 1 aromatic carbocycles. The van der Waals surface area contributed by atoms with Crippen LogP contribution in [-0.2, 0) is 25.6 Å². The number of aryl methyl sites for hydroxylation is 2. The SMILES string of the molecule is CCCSc1nc(NCCNC(=O)OC(C)(C)C)c2nnn(Cc3ccc(C#CC(=O)NCCOCCNC(=O)C#Cc4c(C)sc5[nH]c(=S)n(-c6cc(C)ccn6)c(=O)c45)cc3)c2n1. The van der Waals surface area contributed by atoms with E-state index in [1.54, 1.807) is 37.7 Å². The van der Waals surface area contributed by atoms with Crippen LogP contribution < -0.4 is 26.8 Å². The Bertz CT molecular complexity index is 2950. The lowest BCUT2D eigenvalue weighted by Gasteiger charge is -2.19. The Morgan fingerprint density at radius 1 is 0.954 bits per heavy atom. The number of carbonyl (C=O) groups excluding carboxylic acids is 3. The van der Waals surface area contributed by atoms with Gasteiger partial charge in [0.1, 0.15) is 16.2 Å². The van der Waals surface area contributed by atoms with Crippen molar-refractivity contribution in [2.24, 2.45) is 0 Å². The zero-order chi connectivity index (χ0) is 46.5. The number of fused-ring (bicyclic) bond motifs is 2. The molecule has 0 aliphatic rings. The molecule has 21 heteroatoms. The second kappa shape index (κ2) is 22.3. The Hall–Kier alpha value is -6.65. The highest BCUT2D eigenvalue weighted by molar-refractivity contribution is 7.99. The van der Waals surface area contributed by atoms with E-state index in [1.807, 2.05) is 44.2 Å². The summed E-state index contributed by atoms with van der Waals surface area (Å²) < 4.78 is 14.1. The molecule has 65 heavy (non-hydrogen) atoms. The fraction of sp³-hybridized carbons (Fsp3) is 0.364. The maximum Gasteiger partial charge on any atom is 0.407 e. The molecule has 5 heterocycles. The molecule has 0 bridgehead atoms. The number of aromatic amines is 1. The van der Waals surface area contributed by atoms with E-state index >= 15 is 0 Å². The van der Waals surface area contributed by atoms with Crippen molar-refractivity contribution < 1.29 is 23.9 Å². The number of rotatable bonds is 16. The molecule has 0 unspecified atom stereocenters. The summed E-state index contributed by atoms with van der Waals surface area (Å²) in [6, 6.07) is 11.0. The number of aromatic nitrogens is 8. The minimum absolute atomic E-state index is 0.189. The van der Waals surface area contributed by atoms with E-state index in [4.69, 9.17) is 26.7 Å². The van der Waals surface area contributed by atoms with Gasteiger partial charge in [0, 0.05) is 60.4 Å². The van der Waals surface area contributed by atoms with Crippen molar-refractivity contribution in [3.05, 3.63) is 84.9 Å². The number of ether oxygens (including phenoxy) is 2. The van der Waals surface area contributed by atoms with Crippen LogP contribution in [0.1, 0.15) is 61.2 Å². The van der Waals surface area contributed by atoms with Gasteiger partial charge in [-0.15, -0.1) is 16.4 Å². The van der Waals surface area contributed by atoms with E-state index in [9.17, 15) is 19.2 Å². The third-order valence-corrected chi connectivity index (χ3v) is 11.2. The molecular weight excluding hydrogens is 889 g/mol. The predicted molar refractivity (Wildman–Crippen MR) is 253 cm³/mol. The van der Waals surface area contributed by atoms with Crippen LogP contribution in [0.4, 0.5) is 10.6 Å². The first kappa shape index (κ1) is 47.8. The van der Waals surface area contributed by atoms with Gasteiger partial charge in [0.05, 0.1) is 30.7 Å². The fourth-order valence-electron chi connectivity index (χ4n) is 5.96. The average molecular weight is 937 g/mol. The van der Waals surface area contributed by atoms with Crippen molar-refractivity contribution >= 4 is 80.4 Å². The van der Waals surface area contributed by atoms with Crippen molar-refractivity contribution in [3.8, 4) is 29.5 Å². The van der Waals surface area contributed by atoms with Crippen LogP contribution in [0.15, 0.2) is 52.5 Å². The number of nitrogens with one attached hydrogen (secondary N) is 5. The number of pyridine rings is 1. The van der Waals surface area contributed by atoms with Gasteiger partial charge in [0.2, 0.25) is 0 Å². The largest absolute Gasteiger partial charge is 0.444 e. The van der Waals surface area contributed by atoms with Gasteiger partial charge in [-0.05, 0) is 88.6 Å². The smallest absolute Gasteiger partial charge is 0.407 e. The molecule has 5 N–H and O–H groups in total. The summed E-state index contributed by atoms with van der Waals surface area (Å²) in [7, 11) is 0. The summed E-state index contributed by atoms with van der Waals surface area (Å²) in [6.45, 7) is 13.1. The molecule has 5 aromatic heterocycles. The lowest BCUT2D eigenvalue weighted by atomic mass is 10.1. The average Bonchev–Trinajstić information content (AvgIpc) is 3.81. The minimum atomic E-state index is -0.591. The van der Waals surface area contributed by atoms with Crippen molar-refractivity contribution in [1.82, 2.24) is 55.4 Å². The Morgan fingerprint density at radius 2 is 1.68 bits per heavy atom. The summed E-state index contributed by atoms with van der Waals surface area (Å²) in [5.41, 5.74) is 3.05. The lowest BCUT2D eigenvalue weighted by Crippen LogP contribution is -2.35. The van der Waals surface area contributed by atoms with Crippen LogP contribution in [0.25, 0.3) is 27.2 Å². The van der Waals surface area contributed by atoms with E-state index in [1.165, 1.54) is 27.7 Å². The molecule has 18 nitrogen and oxygen atoms in total. The quantitative estimate of drug-likeness (QED) is 0.0289. The number of amides is 3. The molecule has 6 aromatic rings. The number of H-pyrrole nitrogens is 1. The number of hydrogen-bond acceptors (Lipinski definition) is 15. The van der Waals surface area contributed by atoms with E-state index < -0.39 is 23.5 Å². The van der Waals surface area contributed by atoms with E-state index in [0.29, 0.717) is 68.9 Å². The summed E-state index contributed by atoms with van der Waals surface area (Å²) in [5, 5.41) is 21.0. The van der Waals surface area contributed by atoms with Gasteiger partial charge in [-0.3, -0.25) is 14.4 Å². The van der Waals surface area contributed by atoms with Crippen molar-refractivity contribution in [2.75, 3.05) is 50.5 Å². The molecule has 338 valence electrons. The zero-order valence-corrected chi connectivity index (χ0v) is 39.2. The van der Waals surface area contributed by atoms with Crippen LogP contribution in [0, 0.1) is 42.3 Å². The number of nitrogens with zero attached hydrogens (tertiary/aromatic N) is 7. The summed E-state index contributed by atoms with van der Waals surface area (Å²) in [5.74, 6) is 11.6. The molecule has 3 amide bonds. The lowest BCUT2D eigenvalue weighted by molar-refractivity contribution is -0.116. The van der Waals surface area contributed by atoms with Gasteiger partial charge in [-0.2, -0.15) is 0 Å². The van der Waals surface area contributed by atoms with Crippen LogP contribution in [0.2, 0.25) is 0 Å². The Labute approximate surface area is 388 Å². The molecule has 0 aliphatic carbocycles. The van der Waals surface area contributed by atoms with Gasteiger partial charge >= 0.3 is 6.09 Å². The number of benzene rings is 1. The number of thioether (sulfide) groups is 1. The normalized spacial score (nSPS) is 11.0. The number of alkyl carbamates (subject to hydrolysis) is 1. The topological polar surface area (TPSA) is 225 Å². The first-order valence-electron chi connectivity index (χ1n) is 20.6. The minimum Gasteiger partial charge on any atom is -0.444 e. The monoisotopic (exact) mass is 936 g/mol. The number of thiophene rings is 1. The molecular formula is C44H48N12O6S3. The Kier molecular flexibility index (Phi) is 16.4. The predicted octanol–water partition coefficient (Wildman–Crippen LogP) is 4.80. The number of anilines is 1. The third kappa shape index (κ3) is 13.4. The van der Waals surface area contributed by atoms with Crippen LogP contribution in [0.3, 0.4) is 0 Å². The van der Waals surface area contributed by atoms with Gasteiger partial charge in [-0.1, -0.05) is 47.9 Å². The highest BCUT2D eigenvalue weighted by Gasteiger charge is 2.19. The highest BCUT2D eigenvalue weighted by atomic mass is 32.2.